The van der Waals surface area contributed by atoms with E-state index in [4.69, 9.17) is 4.74 Å². The molecule has 0 radical (unpaired) electrons. The Morgan fingerprint density at radius 1 is 1.22 bits per heavy atom. The van der Waals surface area contributed by atoms with Crippen LogP contribution in [0.15, 0.2) is 30.5 Å². The van der Waals surface area contributed by atoms with Crippen LogP contribution in [-0.4, -0.2) is 29.3 Å². The van der Waals surface area contributed by atoms with Crippen molar-refractivity contribution in [2.24, 2.45) is 0 Å². The number of H-pyrrole nitrogens is 1. The Balaban J connectivity index is 2.25. The number of esters is 1. The summed E-state index contributed by atoms with van der Waals surface area (Å²) in [5.74, 6) is -0.947. The highest BCUT2D eigenvalue weighted by molar-refractivity contribution is 5.93. The molecule has 122 valence electrons. The van der Waals surface area contributed by atoms with Gasteiger partial charge in [-0.05, 0) is 19.9 Å². The number of benzene rings is 1. The fraction of sp³-hybridized carbons (Fsp3) is 0.353. The van der Waals surface area contributed by atoms with E-state index in [1.807, 2.05) is 24.3 Å². The van der Waals surface area contributed by atoms with Crippen LogP contribution in [0, 0.1) is 0 Å². The smallest absolute Gasteiger partial charge is 0.333 e. The number of aromatic nitrogens is 1. The molecular formula is C17H20N2O4. The van der Waals surface area contributed by atoms with Crippen LogP contribution < -0.4 is 5.32 Å². The first-order valence-corrected chi connectivity index (χ1v) is 7.54. The van der Waals surface area contributed by atoms with E-state index in [0.717, 1.165) is 10.9 Å². The molecule has 0 spiro atoms. The summed E-state index contributed by atoms with van der Waals surface area (Å²) in [5.41, 5.74) is 1.52. The van der Waals surface area contributed by atoms with Gasteiger partial charge in [-0.15, -0.1) is 0 Å². The van der Waals surface area contributed by atoms with Crippen LogP contribution in [-0.2, 0) is 19.1 Å². The molecule has 1 aromatic carbocycles. The number of nitrogens with one attached hydrogen (secondary N) is 2. The van der Waals surface area contributed by atoms with Gasteiger partial charge in [-0.2, -0.15) is 0 Å². The van der Waals surface area contributed by atoms with Crippen molar-refractivity contribution in [3.8, 4) is 0 Å². The van der Waals surface area contributed by atoms with Crippen LogP contribution in [0.4, 0.5) is 0 Å². The highest BCUT2D eigenvalue weighted by Crippen LogP contribution is 2.25. The van der Waals surface area contributed by atoms with Crippen molar-refractivity contribution in [3.05, 3.63) is 36.0 Å². The van der Waals surface area contributed by atoms with Gasteiger partial charge in [0.15, 0.2) is 6.04 Å². The molecule has 2 N–H and O–H groups in total. The molecule has 6 heteroatoms. The molecule has 6 nitrogen and oxygen atoms in total. The van der Waals surface area contributed by atoms with Crippen LogP contribution in [0.3, 0.4) is 0 Å². The second-order valence-corrected chi connectivity index (χ2v) is 5.24. The van der Waals surface area contributed by atoms with Crippen molar-refractivity contribution in [2.75, 3.05) is 6.61 Å². The summed E-state index contributed by atoms with van der Waals surface area (Å²) in [7, 11) is 0. The van der Waals surface area contributed by atoms with Gasteiger partial charge in [-0.25, -0.2) is 4.79 Å². The van der Waals surface area contributed by atoms with E-state index >= 15 is 0 Å². The maximum absolute atomic E-state index is 12.2. The zero-order chi connectivity index (χ0) is 16.8. The third-order valence-corrected chi connectivity index (χ3v) is 3.46. The molecule has 1 unspecified atom stereocenters. The van der Waals surface area contributed by atoms with Crippen LogP contribution in [0.1, 0.15) is 38.3 Å². The number of Topliss-reactive ketones (excluding diaryl/α,β-unsaturated/α-hetero) is 1. The average molecular weight is 316 g/mol. The standard InChI is InChI=1S/C17H20N2O4/c1-3-23-17(22)16(19-15(21)9-8-11(2)20)13-10-18-14-7-5-4-6-12(13)14/h4-7,10,16,18H,3,8-9H2,1-2H3,(H,19,21). The van der Waals surface area contributed by atoms with E-state index in [2.05, 4.69) is 10.3 Å². The summed E-state index contributed by atoms with van der Waals surface area (Å²) in [6.45, 7) is 3.36. The summed E-state index contributed by atoms with van der Waals surface area (Å²) in [5, 5.41) is 3.51. The van der Waals surface area contributed by atoms with E-state index < -0.39 is 12.0 Å². The number of aromatic amines is 1. The summed E-state index contributed by atoms with van der Waals surface area (Å²) < 4.78 is 5.07. The zero-order valence-corrected chi connectivity index (χ0v) is 13.2. The molecule has 0 aliphatic heterocycles. The Morgan fingerprint density at radius 3 is 2.65 bits per heavy atom. The minimum absolute atomic E-state index is 0.0492. The number of hydrogen-bond acceptors (Lipinski definition) is 4. The lowest BCUT2D eigenvalue weighted by atomic mass is 10.1. The minimum Gasteiger partial charge on any atom is -0.464 e. The molecular weight excluding hydrogens is 296 g/mol. The van der Waals surface area contributed by atoms with Crippen molar-refractivity contribution < 1.29 is 19.1 Å². The molecule has 0 aliphatic carbocycles. The highest BCUT2D eigenvalue weighted by Gasteiger charge is 2.26. The molecule has 0 bridgehead atoms. The molecule has 0 aliphatic rings. The molecule has 0 saturated heterocycles. The van der Waals surface area contributed by atoms with E-state index in [-0.39, 0.29) is 31.1 Å². The maximum Gasteiger partial charge on any atom is 0.333 e. The molecule has 1 aromatic heterocycles. The van der Waals surface area contributed by atoms with E-state index in [9.17, 15) is 14.4 Å². The Kier molecular flexibility index (Phi) is 5.51. The second kappa shape index (κ2) is 7.58. The third-order valence-electron chi connectivity index (χ3n) is 3.46. The number of ether oxygens (including phenoxy) is 1. The summed E-state index contributed by atoms with van der Waals surface area (Å²) >= 11 is 0. The molecule has 2 rings (SSSR count). The van der Waals surface area contributed by atoms with Gasteiger partial charge in [0, 0.05) is 35.5 Å². The highest BCUT2D eigenvalue weighted by atomic mass is 16.5. The van der Waals surface area contributed by atoms with E-state index in [1.54, 1.807) is 13.1 Å². The van der Waals surface area contributed by atoms with Crippen LogP contribution in [0.25, 0.3) is 10.9 Å². The van der Waals surface area contributed by atoms with E-state index in [0.29, 0.717) is 5.56 Å². The van der Waals surface area contributed by atoms with Crippen molar-refractivity contribution in [3.63, 3.8) is 0 Å². The zero-order valence-electron chi connectivity index (χ0n) is 13.2. The summed E-state index contributed by atoms with van der Waals surface area (Å²) in [4.78, 5) is 38.3. The Hall–Kier alpha value is -2.63. The predicted octanol–water partition coefficient (Wildman–Crippen LogP) is 2.26. The number of ketones is 1. The second-order valence-electron chi connectivity index (χ2n) is 5.24. The number of hydrogen-bond donors (Lipinski definition) is 2. The molecule has 0 fully saturated rings. The van der Waals surface area contributed by atoms with Gasteiger partial charge in [0.1, 0.15) is 5.78 Å². The quantitative estimate of drug-likeness (QED) is 0.767. The SMILES string of the molecule is CCOC(=O)C(NC(=O)CCC(C)=O)c1c[nH]c2ccccc12. The number of fused-ring (bicyclic) bond motifs is 1. The first-order chi connectivity index (χ1) is 11.0. The van der Waals surface area contributed by atoms with Crippen molar-refractivity contribution in [1.82, 2.24) is 10.3 Å². The van der Waals surface area contributed by atoms with Gasteiger partial charge in [0.2, 0.25) is 5.91 Å². The van der Waals surface area contributed by atoms with Crippen LogP contribution in [0.2, 0.25) is 0 Å². The fourth-order valence-corrected chi connectivity index (χ4v) is 2.34. The number of carbonyl (C=O) groups is 3. The first kappa shape index (κ1) is 16.7. The number of carbonyl (C=O) groups excluding carboxylic acids is 3. The van der Waals surface area contributed by atoms with Gasteiger partial charge in [0.05, 0.1) is 6.61 Å². The third kappa shape index (κ3) is 4.18. The molecule has 0 saturated carbocycles. The lowest BCUT2D eigenvalue weighted by molar-refractivity contribution is -0.147. The van der Waals surface area contributed by atoms with Gasteiger partial charge in [-0.1, -0.05) is 18.2 Å². The lowest BCUT2D eigenvalue weighted by Crippen LogP contribution is -2.35. The van der Waals surface area contributed by atoms with Gasteiger partial charge in [0.25, 0.3) is 0 Å². The Bertz CT molecular complexity index is 720. The topological polar surface area (TPSA) is 88.3 Å². The molecule has 1 amide bonds. The van der Waals surface area contributed by atoms with Gasteiger partial charge >= 0.3 is 5.97 Å². The van der Waals surface area contributed by atoms with E-state index in [1.165, 1.54) is 6.92 Å². The maximum atomic E-state index is 12.2. The first-order valence-electron chi connectivity index (χ1n) is 7.54. The van der Waals surface area contributed by atoms with Crippen molar-refractivity contribution >= 4 is 28.6 Å². The molecule has 1 atom stereocenters. The van der Waals surface area contributed by atoms with Gasteiger partial charge < -0.3 is 19.8 Å². The van der Waals surface area contributed by atoms with Crippen LogP contribution in [0.5, 0.6) is 0 Å². The van der Waals surface area contributed by atoms with Crippen LogP contribution >= 0.6 is 0 Å². The largest absolute Gasteiger partial charge is 0.464 e. The van der Waals surface area contributed by atoms with Gasteiger partial charge in [-0.3, -0.25) is 4.79 Å². The normalized spacial score (nSPS) is 11.9. The number of para-hydroxylation sites is 1. The Morgan fingerprint density at radius 2 is 1.96 bits per heavy atom. The summed E-state index contributed by atoms with van der Waals surface area (Å²) in [6, 6.07) is 6.60. The monoisotopic (exact) mass is 316 g/mol. The Labute approximate surface area is 134 Å². The molecule has 1 heterocycles. The van der Waals surface area contributed by atoms with Crippen molar-refractivity contribution in [2.45, 2.75) is 32.7 Å². The number of amides is 1. The lowest BCUT2D eigenvalue weighted by Gasteiger charge is -2.17. The summed E-state index contributed by atoms with van der Waals surface area (Å²) in [6.07, 6.45) is 1.89. The fourth-order valence-electron chi connectivity index (χ4n) is 2.34. The molecule has 23 heavy (non-hydrogen) atoms. The average Bonchev–Trinajstić information content (AvgIpc) is 2.94. The predicted molar refractivity (Wildman–Crippen MR) is 85.7 cm³/mol. The molecule has 2 aromatic rings. The number of rotatable bonds is 7. The minimum atomic E-state index is -0.898. The van der Waals surface area contributed by atoms with Crippen molar-refractivity contribution in [1.29, 1.82) is 0 Å².